The van der Waals surface area contributed by atoms with Crippen molar-refractivity contribution in [1.82, 2.24) is 4.98 Å². The maximum atomic E-state index is 9.46. The van der Waals surface area contributed by atoms with E-state index < -0.39 is 6.10 Å². The molecular formula is C10H13NO3. The van der Waals surface area contributed by atoms with Crippen LogP contribution in [0.3, 0.4) is 0 Å². The summed E-state index contributed by atoms with van der Waals surface area (Å²) in [6, 6.07) is 3.77. The maximum absolute atomic E-state index is 9.46. The Morgan fingerprint density at radius 2 is 2.43 bits per heavy atom. The van der Waals surface area contributed by atoms with Gasteiger partial charge in [-0.05, 0) is 13.0 Å². The molecule has 2 atom stereocenters. The molecule has 0 amide bonds. The van der Waals surface area contributed by atoms with Crippen LogP contribution < -0.4 is 4.74 Å². The normalized spacial score (nSPS) is 26.4. The first-order valence-electron chi connectivity index (χ1n) is 4.61. The fourth-order valence-corrected chi connectivity index (χ4v) is 1.37. The Labute approximate surface area is 82.5 Å². The van der Waals surface area contributed by atoms with E-state index in [4.69, 9.17) is 9.47 Å². The average Bonchev–Trinajstić information content (AvgIpc) is 2.56. The van der Waals surface area contributed by atoms with Crippen molar-refractivity contribution in [3.63, 3.8) is 0 Å². The van der Waals surface area contributed by atoms with Crippen LogP contribution in [0.4, 0.5) is 0 Å². The average molecular weight is 195 g/mol. The van der Waals surface area contributed by atoms with Gasteiger partial charge in [-0.15, -0.1) is 0 Å². The zero-order valence-electron chi connectivity index (χ0n) is 8.01. The third-order valence-electron chi connectivity index (χ3n) is 2.22. The molecule has 0 bridgehead atoms. The third kappa shape index (κ3) is 1.86. The van der Waals surface area contributed by atoms with Crippen LogP contribution in [0.1, 0.15) is 5.56 Å². The summed E-state index contributed by atoms with van der Waals surface area (Å²) in [7, 11) is 0. The number of rotatable bonds is 2. The van der Waals surface area contributed by atoms with Gasteiger partial charge in [-0.3, -0.25) is 0 Å². The number of aliphatic hydroxyl groups excluding tert-OH is 1. The number of hydrogen-bond donors (Lipinski definition) is 1. The molecule has 1 unspecified atom stereocenters. The minimum atomic E-state index is -0.545. The van der Waals surface area contributed by atoms with Gasteiger partial charge in [-0.25, -0.2) is 4.98 Å². The maximum Gasteiger partial charge on any atom is 0.216 e. The number of hydrogen-bond acceptors (Lipinski definition) is 4. The van der Waals surface area contributed by atoms with Crippen molar-refractivity contribution in [1.29, 1.82) is 0 Å². The first-order valence-corrected chi connectivity index (χ1v) is 4.61. The lowest BCUT2D eigenvalue weighted by molar-refractivity contribution is 0.0699. The second-order valence-corrected chi connectivity index (χ2v) is 3.39. The smallest absolute Gasteiger partial charge is 0.216 e. The van der Waals surface area contributed by atoms with Crippen molar-refractivity contribution < 1.29 is 14.6 Å². The number of aliphatic hydroxyl groups is 1. The molecule has 2 heterocycles. The van der Waals surface area contributed by atoms with Crippen molar-refractivity contribution in [2.75, 3.05) is 13.2 Å². The summed E-state index contributed by atoms with van der Waals surface area (Å²) in [5, 5.41) is 9.46. The molecular weight excluding hydrogens is 182 g/mol. The topological polar surface area (TPSA) is 51.6 Å². The zero-order valence-corrected chi connectivity index (χ0v) is 8.01. The van der Waals surface area contributed by atoms with Crippen molar-refractivity contribution >= 4 is 0 Å². The standard InChI is InChI=1S/C10H13NO3/c1-7-3-2-4-11-10(7)14-9-6-13-5-8(9)12/h2-4,8-9,12H,5-6H2,1H3/t8-,9?/m1/s1. The molecule has 14 heavy (non-hydrogen) atoms. The first kappa shape index (κ1) is 9.43. The second-order valence-electron chi connectivity index (χ2n) is 3.39. The van der Waals surface area contributed by atoms with E-state index in [-0.39, 0.29) is 6.10 Å². The Hall–Kier alpha value is -1.13. The van der Waals surface area contributed by atoms with E-state index in [0.29, 0.717) is 19.1 Å². The highest BCUT2D eigenvalue weighted by molar-refractivity contribution is 5.23. The van der Waals surface area contributed by atoms with Gasteiger partial charge in [-0.1, -0.05) is 6.07 Å². The SMILES string of the molecule is Cc1cccnc1OC1COC[C@H]1O. The predicted molar refractivity (Wildman–Crippen MR) is 50.2 cm³/mol. The molecule has 0 aliphatic carbocycles. The molecule has 76 valence electrons. The minimum absolute atomic E-state index is 0.288. The summed E-state index contributed by atoms with van der Waals surface area (Å²) < 4.78 is 10.6. The molecule has 0 spiro atoms. The molecule has 1 aromatic rings. The number of aromatic nitrogens is 1. The highest BCUT2D eigenvalue weighted by atomic mass is 16.6. The molecule has 2 rings (SSSR count). The summed E-state index contributed by atoms with van der Waals surface area (Å²) in [5.41, 5.74) is 0.964. The third-order valence-corrected chi connectivity index (χ3v) is 2.22. The Kier molecular flexibility index (Phi) is 2.65. The molecule has 0 aromatic carbocycles. The number of nitrogens with zero attached hydrogens (tertiary/aromatic N) is 1. The van der Waals surface area contributed by atoms with Crippen LogP contribution in [-0.2, 0) is 4.74 Å². The molecule has 1 N–H and O–H groups in total. The molecule has 4 heteroatoms. The van der Waals surface area contributed by atoms with Crippen LogP contribution in [0, 0.1) is 6.92 Å². The van der Waals surface area contributed by atoms with E-state index in [9.17, 15) is 5.11 Å². The molecule has 1 aromatic heterocycles. The molecule has 0 radical (unpaired) electrons. The van der Waals surface area contributed by atoms with E-state index in [2.05, 4.69) is 4.98 Å². The molecule has 1 aliphatic rings. The summed E-state index contributed by atoms with van der Waals surface area (Å²) in [6.45, 7) is 2.69. The van der Waals surface area contributed by atoms with Crippen molar-refractivity contribution in [3.8, 4) is 5.88 Å². The summed E-state index contributed by atoms with van der Waals surface area (Å²) in [6.07, 6.45) is 0.838. The quantitative estimate of drug-likeness (QED) is 0.747. The van der Waals surface area contributed by atoms with Crippen LogP contribution in [0.5, 0.6) is 5.88 Å². The number of aryl methyl sites for hydroxylation is 1. The number of ether oxygens (including phenoxy) is 2. The molecule has 4 nitrogen and oxygen atoms in total. The lowest BCUT2D eigenvalue weighted by atomic mass is 10.2. The van der Waals surface area contributed by atoms with Gasteiger partial charge in [0.15, 0.2) is 6.10 Å². The van der Waals surface area contributed by atoms with Gasteiger partial charge < -0.3 is 14.6 Å². The van der Waals surface area contributed by atoms with Crippen LogP contribution in [0.2, 0.25) is 0 Å². The van der Waals surface area contributed by atoms with Gasteiger partial charge in [0.25, 0.3) is 0 Å². The van der Waals surface area contributed by atoms with Gasteiger partial charge in [0.1, 0.15) is 6.10 Å². The summed E-state index contributed by atoms with van der Waals surface area (Å²) >= 11 is 0. The van der Waals surface area contributed by atoms with Gasteiger partial charge in [0, 0.05) is 11.8 Å². The van der Waals surface area contributed by atoms with Gasteiger partial charge >= 0.3 is 0 Å². The predicted octanol–water partition coefficient (Wildman–Crippen LogP) is 0.529. The largest absolute Gasteiger partial charge is 0.469 e. The highest BCUT2D eigenvalue weighted by Crippen LogP contribution is 2.18. The summed E-state index contributed by atoms with van der Waals surface area (Å²) in [4.78, 5) is 4.09. The van der Waals surface area contributed by atoms with E-state index in [1.54, 1.807) is 6.20 Å². The van der Waals surface area contributed by atoms with Crippen molar-refractivity contribution in [2.45, 2.75) is 19.1 Å². The first-order chi connectivity index (χ1) is 6.77. The zero-order chi connectivity index (χ0) is 9.97. The molecule has 0 saturated carbocycles. The number of pyridine rings is 1. The Bertz CT molecular complexity index is 316. The van der Waals surface area contributed by atoms with Crippen molar-refractivity contribution in [3.05, 3.63) is 23.9 Å². The minimum Gasteiger partial charge on any atom is -0.469 e. The van der Waals surface area contributed by atoms with E-state index in [0.717, 1.165) is 5.56 Å². The lowest BCUT2D eigenvalue weighted by Gasteiger charge is -2.15. The highest BCUT2D eigenvalue weighted by Gasteiger charge is 2.28. The second kappa shape index (κ2) is 3.94. The van der Waals surface area contributed by atoms with Crippen LogP contribution in [0.25, 0.3) is 0 Å². The fourth-order valence-electron chi connectivity index (χ4n) is 1.37. The Morgan fingerprint density at radius 1 is 1.57 bits per heavy atom. The van der Waals surface area contributed by atoms with Crippen LogP contribution in [-0.4, -0.2) is 35.5 Å². The van der Waals surface area contributed by atoms with Crippen molar-refractivity contribution in [2.24, 2.45) is 0 Å². The van der Waals surface area contributed by atoms with E-state index in [1.807, 2.05) is 19.1 Å². The fraction of sp³-hybridized carbons (Fsp3) is 0.500. The van der Waals surface area contributed by atoms with Crippen LogP contribution in [0.15, 0.2) is 18.3 Å². The van der Waals surface area contributed by atoms with E-state index >= 15 is 0 Å². The van der Waals surface area contributed by atoms with Gasteiger partial charge in [0.05, 0.1) is 13.2 Å². The molecule has 1 fully saturated rings. The Morgan fingerprint density at radius 3 is 3.07 bits per heavy atom. The molecule has 1 saturated heterocycles. The summed E-state index contributed by atoms with van der Waals surface area (Å²) in [5.74, 6) is 0.571. The van der Waals surface area contributed by atoms with E-state index in [1.165, 1.54) is 0 Å². The Balaban J connectivity index is 2.07. The lowest BCUT2D eigenvalue weighted by Crippen LogP contribution is -2.30. The molecule has 1 aliphatic heterocycles. The van der Waals surface area contributed by atoms with Gasteiger partial charge in [0.2, 0.25) is 5.88 Å². The van der Waals surface area contributed by atoms with Gasteiger partial charge in [-0.2, -0.15) is 0 Å². The monoisotopic (exact) mass is 195 g/mol. The van der Waals surface area contributed by atoms with Crippen LogP contribution >= 0.6 is 0 Å².